The molecule has 0 N–H and O–H groups in total. The third-order valence-electron chi connectivity index (χ3n) is 8.78. The van der Waals surface area contributed by atoms with E-state index >= 15 is 0 Å². The van der Waals surface area contributed by atoms with Crippen molar-refractivity contribution in [3.05, 3.63) is 145 Å². The highest BCUT2D eigenvalue weighted by Gasteiger charge is 2.35. The Bertz CT molecular complexity index is 2140. The number of para-hydroxylation sites is 2. The summed E-state index contributed by atoms with van der Waals surface area (Å²) >= 11 is 0. The van der Waals surface area contributed by atoms with Gasteiger partial charge in [-0.1, -0.05) is 111 Å². The van der Waals surface area contributed by atoms with Gasteiger partial charge in [-0.25, -0.2) is 9.97 Å². The van der Waals surface area contributed by atoms with E-state index in [1.807, 2.05) is 60.7 Å². The minimum Gasteiger partial charge on any atom is -0.309 e. The molecule has 2 aromatic heterocycles. The number of fused-ring (bicyclic) bond motifs is 5. The lowest BCUT2D eigenvalue weighted by Crippen LogP contribution is -2.26. The third-order valence-corrected chi connectivity index (χ3v) is 11.8. The van der Waals surface area contributed by atoms with Crippen molar-refractivity contribution in [1.29, 1.82) is 0 Å². The first-order chi connectivity index (χ1) is 20.5. The van der Waals surface area contributed by atoms with Crippen molar-refractivity contribution in [1.82, 2.24) is 14.5 Å². The van der Waals surface area contributed by atoms with Crippen LogP contribution in [0.25, 0.3) is 38.9 Å². The molecule has 0 bridgehead atoms. The van der Waals surface area contributed by atoms with Gasteiger partial charge < -0.3 is 9.13 Å². The van der Waals surface area contributed by atoms with Crippen LogP contribution in [-0.4, -0.2) is 14.5 Å². The largest absolute Gasteiger partial charge is 0.309 e. The number of rotatable bonds is 4. The van der Waals surface area contributed by atoms with Crippen LogP contribution in [0.2, 0.25) is 0 Å². The van der Waals surface area contributed by atoms with E-state index < -0.39 is 7.14 Å². The van der Waals surface area contributed by atoms with Gasteiger partial charge in [0.25, 0.3) is 0 Å². The number of nitrogens with zero attached hydrogens (tertiary/aromatic N) is 3. The van der Waals surface area contributed by atoms with Gasteiger partial charge in [-0.2, -0.15) is 0 Å². The minimum atomic E-state index is -3.13. The Balaban J connectivity index is 1.27. The van der Waals surface area contributed by atoms with Crippen LogP contribution >= 0.6 is 7.14 Å². The molecule has 0 saturated heterocycles. The Morgan fingerprint density at radius 2 is 1.24 bits per heavy atom. The van der Waals surface area contributed by atoms with Gasteiger partial charge >= 0.3 is 0 Å². The van der Waals surface area contributed by atoms with Crippen LogP contribution in [0.4, 0.5) is 0 Å². The predicted molar refractivity (Wildman–Crippen MR) is 173 cm³/mol. The Labute approximate surface area is 244 Å². The maximum absolute atomic E-state index is 14.7. The van der Waals surface area contributed by atoms with Gasteiger partial charge in [-0.15, -0.1) is 0 Å². The van der Waals surface area contributed by atoms with Crippen LogP contribution in [0.5, 0.6) is 0 Å². The Hall–Kier alpha value is -4.79. The van der Waals surface area contributed by atoms with E-state index in [1.165, 1.54) is 38.6 Å². The molecule has 1 aliphatic rings. The molecule has 8 rings (SSSR count). The van der Waals surface area contributed by atoms with Crippen LogP contribution in [0.3, 0.4) is 0 Å². The molecule has 0 fully saturated rings. The molecule has 7 aromatic rings. The fourth-order valence-electron chi connectivity index (χ4n) is 6.64. The van der Waals surface area contributed by atoms with Crippen molar-refractivity contribution in [3.63, 3.8) is 0 Å². The van der Waals surface area contributed by atoms with Gasteiger partial charge in [-0.05, 0) is 35.4 Å². The summed E-state index contributed by atoms with van der Waals surface area (Å²) in [5.41, 5.74) is 6.94. The van der Waals surface area contributed by atoms with Crippen LogP contribution < -0.4 is 15.9 Å². The molecular weight excluding hydrogens is 533 g/mol. The molecular formula is C37H28N3OP. The molecule has 4 nitrogen and oxygen atoms in total. The zero-order chi connectivity index (χ0) is 28.5. The normalized spacial score (nSPS) is 13.8. The Kier molecular flexibility index (Phi) is 5.41. The molecule has 0 saturated carbocycles. The van der Waals surface area contributed by atoms with Gasteiger partial charge in [0, 0.05) is 44.8 Å². The highest BCUT2D eigenvalue weighted by Crippen LogP contribution is 2.48. The zero-order valence-corrected chi connectivity index (χ0v) is 24.3. The average molecular weight is 562 g/mol. The summed E-state index contributed by atoms with van der Waals surface area (Å²) in [4.78, 5) is 9.59. The number of benzene rings is 5. The van der Waals surface area contributed by atoms with Crippen LogP contribution in [-0.2, 0) is 9.98 Å². The zero-order valence-electron chi connectivity index (χ0n) is 23.4. The molecule has 0 aliphatic carbocycles. The lowest BCUT2D eigenvalue weighted by molar-refractivity contribution is 0.592. The molecule has 0 amide bonds. The summed E-state index contributed by atoms with van der Waals surface area (Å²) in [6.45, 7) is 4.59. The highest BCUT2D eigenvalue weighted by molar-refractivity contribution is 7.85. The molecule has 0 radical (unpaired) electrons. The average Bonchev–Trinajstić information content (AvgIpc) is 3.39. The monoisotopic (exact) mass is 561 g/mol. The SMILES string of the molecule is CC1(C)c2cc(-c3ncc(P(=O)(c4ccccc4)c4ccccc4)cn3)ccc2-n2c3ccccc3c3cccc1c32. The molecule has 5 aromatic carbocycles. The molecule has 0 spiro atoms. The van der Waals surface area contributed by atoms with Crippen molar-refractivity contribution in [2.45, 2.75) is 19.3 Å². The molecule has 0 unspecified atom stereocenters. The predicted octanol–water partition coefficient (Wildman–Crippen LogP) is 7.52. The molecule has 0 atom stereocenters. The lowest BCUT2D eigenvalue weighted by Gasteiger charge is -2.35. The number of aromatic nitrogens is 3. The second-order valence-electron chi connectivity index (χ2n) is 11.5. The van der Waals surface area contributed by atoms with Crippen molar-refractivity contribution >= 4 is 44.9 Å². The number of hydrogen-bond acceptors (Lipinski definition) is 3. The summed E-state index contributed by atoms with van der Waals surface area (Å²) in [6.07, 6.45) is 3.48. The van der Waals surface area contributed by atoms with Gasteiger partial charge in [0.05, 0.1) is 22.0 Å². The van der Waals surface area contributed by atoms with Gasteiger partial charge in [-0.3, -0.25) is 0 Å². The van der Waals surface area contributed by atoms with E-state index in [0.29, 0.717) is 11.1 Å². The van der Waals surface area contributed by atoms with Crippen molar-refractivity contribution < 1.29 is 4.57 Å². The quantitative estimate of drug-likeness (QED) is 0.209. The second kappa shape index (κ2) is 9.11. The molecule has 1 aliphatic heterocycles. The van der Waals surface area contributed by atoms with E-state index in [2.05, 4.69) is 79.1 Å². The summed E-state index contributed by atoms with van der Waals surface area (Å²) in [5, 5.41) is 4.71. The Morgan fingerprint density at radius 1 is 0.619 bits per heavy atom. The summed E-state index contributed by atoms with van der Waals surface area (Å²) in [5.74, 6) is 0.617. The van der Waals surface area contributed by atoms with E-state index in [0.717, 1.165) is 16.2 Å². The smallest absolute Gasteiger partial charge is 0.174 e. The molecule has 42 heavy (non-hydrogen) atoms. The van der Waals surface area contributed by atoms with Gasteiger partial charge in [0.2, 0.25) is 0 Å². The van der Waals surface area contributed by atoms with E-state index in [-0.39, 0.29) is 5.41 Å². The van der Waals surface area contributed by atoms with Gasteiger partial charge in [0.1, 0.15) is 0 Å². The summed E-state index contributed by atoms with van der Waals surface area (Å²) < 4.78 is 17.2. The van der Waals surface area contributed by atoms with E-state index in [9.17, 15) is 4.57 Å². The first kappa shape index (κ1) is 25.0. The highest BCUT2D eigenvalue weighted by atomic mass is 31.2. The maximum atomic E-state index is 14.7. The van der Waals surface area contributed by atoms with Crippen LogP contribution in [0, 0.1) is 0 Å². The minimum absolute atomic E-state index is 0.217. The summed E-state index contributed by atoms with van der Waals surface area (Å²) in [7, 11) is -3.13. The van der Waals surface area contributed by atoms with Crippen LogP contribution in [0.1, 0.15) is 25.0 Å². The Morgan fingerprint density at radius 3 is 1.93 bits per heavy atom. The fourth-order valence-corrected chi connectivity index (χ4v) is 9.16. The van der Waals surface area contributed by atoms with Crippen molar-refractivity contribution in [2.75, 3.05) is 0 Å². The first-order valence-corrected chi connectivity index (χ1v) is 15.9. The third kappa shape index (κ3) is 3.45. The van der Waals surface area contributed by atoms with E-state index in [1.54, 1.807) is 12.4 Å². The lowest BCUT2D eigenvalue weighted by atomic mass is 9.74. The van der Waals surface area contributed by atoms with E-state index in [4.69, 9.17) is 9.97 Å². The molecule has 202 valence electrons. The maximum Gasteiger partial charge on any atom is 0.174 e. The molecule has 5 heteroatoms. The second-order valence-corrected chi connectivity index (χ2v) is 14.2. The van der Waals surface area contributed by atoms with Gasteiger partial charge in [0.15, 0.2) is 13.0 Å². The summed E-state index contributed by atoms with van der Waals surface area (Å²) in [6, 6.07) is 41.1. The topological polar surface area (TPSA) is 47.8 Å². The first-order valence-electron chi connectivity index (χ1n) is 14.2. The number of hydrogen-bond donors (Lipinski definition) is 0. The van der Waals surface area contributed by atoms with Crippen molar-refractivity contribution in [2.24, 2.45) is 0 Å². The van der Waals surface area contributed by atoms with Crippen molar-refractivity contribution in [3.8, 4) is 17.1 Å². The molecule has 3 heterocycles. The van der Waals surface area contributed by atoms with Crippen LogP contribution in [0.15, 0.2) is 134 Å². The standard InChI is InChI=1S/C37H28N3OP/c1-37(2)31-18-11-17-30-29-16-9-10-19-33(29)40(35(30)31)34-21-20-25(22-32(34)37)36-38-23-28(24-39-36)42(41,26-12-5-3-6-13-26)27-14-7-4-8-15-27/h3-24H,1-2H3. The fraction of sp³-hybridized carbons (Fsp3) is 0.0811.